The van der Waals surface area contributed by atoms with Gasteiger partial charge in [-0.15, -0.1) is 11.3 Å². The van der Waals surface area contributed by atoms with E-state index < -0.39 is 0 Å². The van der Waals surface area contributed by atoms with Crippen molar-refractivity contribution in [2.45, 2.75) is 12.5 Å². The summed E-state index contributed by atoms with van der Waals surface area (Å²) in [6.07, 6.45) is 3.76. The number of nitrogens with zero attached hydrogens (tertiary/aromatic N) is 3. The first-order valence-corrected chi connectivity index (χ1v) is 9.16. The van der Waals surface area contributed by atoms with Crippen LogP contribution in [0, 0.1) is 5.92 Å². The molecule has 2 N–H and O–H groups in total. The SMILES string of the molecule is CN(CC(=O)NCc1cccs1)C(=O)[C@H]1CNC[C@@H]1c1cnn(C)c1. The van der Waals surface area contributed by atoms with E-state index in [1.54, 1.807) is 23.1 Å². The number of rotatable bonds is 6. The number of carbonyl (C=O) groups is 2. The van der Waals surface area contributed by atoms with Gasteiger partial charge in [0, 0.05) is 44.2 Å². The number of thiophene rings is 1. The number of hydrogen-bond acceptors (Lipinski definition) is 5. The van der Waals surface area contributed by atoms with Crippen LogP contribution in [0.1, 0.15) is 16.4 Å². The van der Waals surface area contributed by atoms with E-state index in [0.717, 1.165) is 17.0 Å². The molecule has 8 heteroatoms. The molecule has 0 unspecified atom stereocenters. The molecule has 2 amide bonds. The molecule has 2 atom stereocenters. The van der Waals surface area contributed by atoms with Gasteiger partial charge in [-0.3, -0.25) is 14.3 Å². The van der Waals surface area contributed by atoms with Crippen molar-refractivity contribution in [3.63, 3.8) is 0 Å². The summed E-state index contributed by atoms with van der Waals surface area (Å²) in [5.74, 6) is -0.226. The highest BCUT2D eigenvalue weighted by molar-refractivity contribution is 7.09. The zero-order chi connectivity index (χ0) is 17.8. The van der Waals surface area contributed by atoms with Gasteiger partial charge in [0.1, 0.15) is 0 Å². The van der Waals surface area contributed by atoms with E-state index in [1.807, 2.05) is 37.0 Å². The third kappa shape index (κ3) is 4.26. The van der Waals surface area contributed by atoms with E-state index in [2.05, 4.69) is 15.7 Å². The third-order valence-electron chi connectivity index (χ3n) is 4.48. The molecular weight excluding hydrogens is 338 g/mol. The Balaban J connectivity index is 1.54. The second-order valence-corrected chi connectivity index (χ2v) is 7.40. The zero-order valence-electron chi connectivity index (χ0n) is 14.4. The van der Waals surface area contributed by atoms with Crippen molar-refractivity contribution in [2.24, 2.45) is 13.0 Å². The minimum atomic E-state index is -0.167. The number of aromatic nitrogens is 2. The van der Waals surface area contributed by atoms with Crippen molar-refractivity contribution in [2.75, 3.05) is 26.7 Å². The summed E-state index contributed by atoms with van der Waals surface area (Å²) < 4.78 is 1.75. The first-order chi connectivity index (χ1) is 12.0. The van der Waals surface area contributed by atoms with Gasteiger partial charge in [0.15, 0.2) is 0 Å². The Morgan fingerprint density at radius 1 is 1.48 bits per heavy atom. The van der Waals surface area contributed by atoms with E-state index in [0.29, 0.717) is 13.1 Å². The maximum atomic E-state index is 12.8. The molecule has 3 heterocycles. The van der Waals surface area contributed by atoms with Gasteiger partial charge in [0.05, 0.1) is 25.2 Å². The number of carbonyl (C=O) groups excluding carboxylic acids is 2. The van der Waals surface area contributed by atoms with Crippen molar-refractivity contribution in [1.82, 2.24) is 25.3 Å². The first-order valence-electron chi connectivity index (χ1n) is 8.28. The Labute approximate surface area is 151 Å². The second-order valence-electron chi connectivity index (χ2n) is 6.37. The van der Waals surface area contributed by atoms with Crippen LogP contribution in [0.4, 0.5) is 0 Å². The lowest BCUT2D eigenvalue weighted by Crippen LogP contribution is -2.42. The van der Waals surface area contributed by atoms with Crippen LogP contribution < -0.4 is 10.6 Å². The van der Waals surface area contributed by atoms with E-state index in [1.165, 1.54) is 4.90 Å². The lowest BCUT2D eigenvalue weighted by molar-refractivity contribution is -0.137. The van der Waals surface area contributed by atoms with Crippen LogP contribution in [0.3, 0.4) is 0 Å². The van der Waals surface area contributed by atoms with Crippen molar-refractivity contribution in [3.05, 3.63) is 40.3 Å². The molecule has 134 valence electrons. The van der Waals surface area contributed by atoms with Crippen LogP contribution in [0.5, 0.6) is 0 Å². The van der Waals surface area contributed by atoms with Gasteiger partial charge in [-0.05, 0) is 17.0 Å². The molecule has 0 bridgehead atoms. The van der Waals surface area contributed by atoms with Crippen molar-refractivity contribution in [3.8, 4) is 0 Å². The summed E-state index contributed by atoms with van der Waals surface area (Å²) in [6.45, 7) is 1.95. The number of likely N-dealkylation sites (N-methyl/N-ethyl adjacent to an activating group) is 1. The topological polar surface area (TPSA) is 79.3 Å². The van der Waals surface area contributed by atoms with Crippen molar-refractivity contribution >= 4 is 23.2 Å². The monoisotopic (exact) mass is 361 g/mol. The average molecular weight is 361 g/mol. The molecule has 0 aromatic carbocycles. The fourth-order valence-electron chi connectivity index (χ4n) is 3.15. The van der Waals surface area contributed by atoms with E-state index >= 15 is 0 Å². The lowest BCUT2D eigenvalue weighted by Gasteiger charge is -2.23. The summed E-state index contributed by atoms with van der Waals surface area (Å²) in [6, 6.07) is 3.93. The van der Waals surface area contributed by atoms with Crippen LogP contribution >= 0.6 is 11.3 Å². The Bertz CT molecular complexity index is 727. The largest absolute Gasteiger partial charge is 0.350 e. The Hall–Kier alpha value is -2.19. The molecule has 7 nitrogen and oxygen atoms in total. The van der Waals surface area contributed by atoms with Crippen molar-refractivity contribution < 1.29 is 9.59 Å². The number of hydrogen-bond donors (Lipinski definition) is 2. The van der Waals surface area contributed by atoms with Gasteiger partial charge in [0.25, 0.3) is 0 Å². The number of nitrogens with one attached hydrogen (secondary N) is 2. The highest BCUT2D eigenvalue weighted by atomic mass is 32.1. The molecule has 1 saturated heterocycles. The summed E-state index contributed by atoms with van der Waals surface area (Å²) >= 11 is 1.60. The minimum Gasteiger partial charge on any atom is -0.350 e. The molecule has 0 radical (unpaired) electrons. The standard InChI is InChI=1S/C17H23N5O2S/c1-21(11-16(23)19-7-13-4-3-5-25-13)17(24)15-9-18-8-14(15)12-6-20-22(2)10-12/h3-6,10,14-15,18H,7-9,11H2,1-2H3,(H,19,23)/t14-,15+/m1/s1. The predicted octanol–water partition coefficient (Wildman–Crippen LogP) is 0.559. The first kappa shape index (κ1) is 17.6. The molecule has 0 spiro atoms. The minimum absolute atomic E-state index is 0.00914. The summed E-state index contributed by atoms with van der Waals surface area (Å²) in [5.41, 5.74) is 1.06. The Kier molecular flexibility index (Phi) is 5.50. The van der Waals surface area contributed by atoms with Crippen LogP contribution in [0.2, 0.25) is 0 Å². The van der Waals surface area contributed by atoms with Crippen LogP contribution in [0.25, 0.3) is 0 Å². The van der Waals surface area contributed by atoms with Gasteiger partial charge in [0.2, 0.25) is 11.8 Å². The number of amides is 2. The summed E-state index contributed by atoms with van der Waals surface area (Å²) in [4.78, 5) is 27.5. The molecule has 2 aromatic heterocycles. The Morgan fingerprint density at radius 3 is 3.00 bits per heavy atom. The quantitative estimate of drug-likeness (QED) is 0.788. The van der Waals surface area contributed by atoms with Crippen LogP contribution in [0.15, 0.2) is 29.9 Å². The smallest absolute Gasteiger partial charge is 0.239 e. The molecule has 1 fully saturated rings. The molecule has 1 aliphatic rings. The highest BCUT2D eigenvalue weighted by Gasteiger charge is 2.36. The summed E-state index contributed by atoms with van der Waals surface area (Å²) in [7, 11) is 3.55. The zero-order valence-corrected chi connectivity index (χ0v) is 15.3. The van der Waals surface area contributed by atoms with Gasteiger partial charge >= 0.3 is 0 Å². The predicted molar refractivity (Wildman–Crippen MR) is 96.1 cm³/mol. The van der Waals surface area contributed by atoms with E-state index in [-0.39, 0.29) is 30.2 Å². The van der Waals surface area contributed by atoms with Gasteiger partial charge in [-0.1, -0.05) is 6.07 Å². The van der Waals surface area contributed by atoms with E-state index in [4.69, 9.17) is 0 Å². The molecule has 0 saturated carbocycles. The molecule has 1 aliphatic heterocycles. The average Bonchev–Trinajstić information content (AvgIpc) is 3.33. The molecule has 25 heavy (non-hydrogen) atoms. The normalized spacial score (nSPS) is 19.8. The van der Waals surface area contributed by atoms with Gasteiger partial charge < -0.3 is 15.5 Å². The van der Waals surface area contributed by atoms with Gasteiger partial charge in [-0.25, -0.2) is 0 Å². The van der Waals surface area contributed by atoms with Crippen LogP contribution in [-0.2, 0) is 23.2 Å². The van der Waals surface area contributed by atoms with Crippen molar-refractivity contribution in [1.29, 1.82) is 0 Å². The molecule has 2 aromatic rings. The maximum absolute atomic E-state index is 12.8. The van der Waals surface area contributed by atoms with E-state index in [9.17, 15) is 9.59 Å². The van der Waals surface area contributed by atoms with Gasteiger partial charge in [-0.2, -0.15) is 5.10 Å². The molecule has 3 rings (SSSR count). The fraction of sp³-hybridized carbons (Fsp3) is 0.471. The lowest BCUT2D eigenvalue weighted by atomic mass is 9.90. The second kappa shape index (κ2) is 7.79. The van der Waals surface area contributed by atoms with Crippen LogP contribution in [-0.4, -0.2) is 53.2 Å². The molecular formula is C17H23N5O2S. The Morgan fingerprint density at radius 2 is 2.32 bits per heavy atom. The third-order valence-corrected chi connectivity index (χ3v) is 5.36. The highest BCUT2D eigenvalue weighted by Crippen LogP contribution is 2.29. The summed E-state index contributed by atoms with van der Waals surface area (Å²) in [5, 5.41) is 12.3. The maximum Gasteiger partial charge on any atom is 0.239 e. The molecule has 0 aliphatic carbocycles. The fourth-order valence-corrected chi connectivity index (χ4v) is 3.80. The number of aryl methyl sites for hydroxylation is 1.